The number of aromatic nitrogens is 2. The Morgan fingerprint density at radius 1 is 1.36 bits per heavy atom. The summed E-state index contributed by atoms with van der Waals surface area (Å²) < 4.78 is 13.3. The first kappa shape index (κ1) is 16.7. The number of hydrogen-bond acceptors (Lipinski definition) is 4. The van der Waals surface area contributed by atoms with Crippen LogP contribution >= 0.6 is 28.1 Å². The molecule has 118 valence electrons. The zero-order valence-corrected chi connectivity index (χ0v) is 14.5. The molecule has 0 amide bonds. The fraction of sp³-hybridized carbons (Fsp3) is 0.286. The molecule has 0 aliphatic rings. The van der Waals surface area contributed by atoms with Crippen LogP contribution in [0.25, 0.3) is 0 Å². The van der Waals surface area contributed by atoms with Crippen molar-refractivity contribution < 1.29 is 9.47 Å². The molecule has 0 aliphatic carbocycles. The SMILES string of the molecule is COCCNC(=S)Nc1cnn(COc2ccc(Br)cc2)c1. The van der Waals surface area contributed by atoms with Gasteiger partial charge in [-0.1, -0.05) is 15.9 Å². The average Bonchev–Trinajstić information content (AvgIpc) is 2.94. The Morgan fingerprint density at radius 3 is 2.86 bits per heavy atom. The van der Waals surface area contributed by atoms with Crippen molar-refractivity contribution in [2.45, 2.75) is 6.73 Å². The van der Waals surface area contributed by atoms with Gasteiger partial charge in [-0.05, 0) is 36.5 Å². The van der Waals surface area contributed by atoms with E-state index in [1.807, 2.05) is 30.5 Å². The Morgan fingerprint density at radius 2 is 2.14 bits per heavy atom. The number of ether oxygens (including phenoxy) is 2. The second kappa shape index (κ2) is 8.72. The third kappa shape index (κ3) is 5.63. The molecule has 0 saturated carbocycles. The van der Waals surface area contributed by atoms with E-state index in [1.165, 1.54) is 0 Å². The van der Waals surface area contributed by atoms with Crippen molar-refractivity contribution in [3.8, 4) is 5.75 Å². The molecule has 22 heavy (non-hydrogen) atoms. The summed E-state index contributed by atoms with van der Waals surface area (Å²) in [6, 6.07) is 7.63. The highest BCUT2D eigenvalue weighted by molar-refractivity contribution is 9.10. The molecule has 0 bridgehead atoms. The van der Waals surface area contributed by atoms with E-state index >= 15 is 0 Å². The monoisotopic (exact) mass is 384 g/mol. The van der Waals surface area contributed by atoms with Crippen LogP contribution in [0.15, 0.2) is 41.1 Å². The van der Waals surface area contributed by atoms with Crippen molar-refractivity contribution in [3.05, 3.63) is 41.1 Å². The van der Waals surface area contributed by atoms with E-state index in [-0.39, 0.29) is 0 Å². The molecule has 0 saturated heterocycles. The quantitative estimate of drug-likeness (QED) is 0.565. The van der Waals surface area contributed by atoms with Gasteiger partial charge in [0.15, 0.2) is 11.8 Å². The molecule has 1 aromatic carbocycles. The molecular formula is C14H17BrN4O2S. The molecule has 1 heterocycles. The minimum absolute atomic E-state index is 0.327. The summed E-state index contributed by atoms with van der Waals surface area (Å²) in [5, 5.41) is 10.8. The fourth-order valence-corrected chi connectivity index (χ4v) is 2.10. The van der Waals surface area contributed by atoms with Gasteiger partial charge >= 0.3 is 0 Å². The lowest BCUT2D eigenvalue weighted by molar-refractivity contribution is 0.204. The molecular weight excluding hydrogens is 368 g/mol. The highest BCUT2D eigenvalue weighted by Crippen LogP contribution is 2.16. The van der Waals surface area contributed by atoms with E-state index in [4.69, 9.17) is 21.7 Å². The van der Waals surface area contributed by atoms with Crippen LogP contribution in [0.2, 0.25) is 0 Å². The number of halogens is 1. The number of anilines is 1. The summed E-state index contributed by atoms with van der Waals surface area (Å²) >= 11 is 8.54. The first-order valence-corrected chi connectivity index (χ1v) is 7.82. The molecule has 0 radical (unpaired) electrons. The minimum atomic E-state index is 0.327. The van der Waals surface area contributed by atoms with Gasteiger partial charge in [0.25, 0.3) is 0 Å². The number of nitrogens with zero attached hydrogens (tertiary/aromatic N) is 2. The maximum absolute atomic E-state index is 5.63. The van der Waals surface area contributed by atoms with E-state index in [0.717, 1.165) is 15.9 Å². The lowest BCUT2D eigenvalue weighted by atomic mass is 10.3. The summed E-state index contributed by atoms with van der Waals surface area (Å²) in [5.41, 5.74) is 0.800. The summed E-state index contributed by atoms with van der Waals surface area (Å²) in [4.78, 5) is 0. The Balaban J connectivity index is 1.78. The third-order valence-corrected chi connectivity index (χ3v) is 3.44. The maximum atomic E-state index is 5.63. The number of benzene rings is 1. The van der Waals surface area contributed by atoms with Gasteiger partial charge in [0.2, 0.25) is 0 Å². The Labute approximate surface area is 142 Å². The predicted molar refractivity (Wildman–Crippen MR) is 93.1 cm³/mol. The number of thiocarbonyl (C=S) groups is 1. The van der Waals surface area contributed by atoms with Gasteiger partial charge in [-0.25, -0.2) is 4.68 Å². The Kier molecular flexibility index (Phi) is 6.63. The van der Waals surface area contributed by atoms with Crippen molar-refractivity contribution in [1.82, 2.24) is 15.1 Å². The van der Waals surface area contributed by atoms with Crippen LogP contribution in [0.5, 0.6) is 5.75 Å². The minimum Gasteiger partial charge on any atom is -0.471 e. The largest absolute Gasteiger partial charge is 0.471 e. The summed E-state index contributed by atoms with van der Waals surface area (Å²) in [6.45, 7) is 1.58. The van der Waals surface area contributed by atoms with Gasteiger partial charge in [-0.15, -0.1) is 0 Å². The fourth-order valence-electron chi connectivity index (χ4n) is 1.61. The van der Waals surface area contributed by atoms with Crippen LogP contribution in [0, 0.1) is 0 Å². The predicted octanol–water partition coefficient (Wildman–Crippen LogP) is 2.61. The van der Waals surface area contributed by atoms with Gasteiger partial charge in [-0.3, -0.25) is 0 Å². The van der Waals surface area contributed by atoms with E-state index in [0.29, 0.717) is 25.0 Å². The van der Waals surface area contributed by atoms with Crippen molar-refractivity contribution in [2.75, 3.05) is 25.6 Å². The molecule has 0 unspecified atom stereocenters. The Bertz CT molecular complexity index is 603. The molecule has 0 fully saturated rings. The van der Waals surface area contributed by atoms with Crippen molar-refractivity contribution >= 4 is 38.9 Å². The van der Waals surface area contributed by atoms with Crippen LogP contribution in [0.3, 0.4) is 0 Å². The zero-order chi connectivity index (χ0) is 15.8. The molecule has 2 rings (SSSR count). The molecule has 8 heteroatoms. The number of nitrogens with one attached hydrogen (secondary N) is 2. The van der Waals surface area contributed by atoms with E-state index < -0.39 is 0 Å². The van der Waals surface area contributed by atoms with Gasteiger partial charge < -0.3 is 20.1 Å². The number of rotatable bonds is 7. The molecule has 0 atom stereocenters. The van der Waals surface area contributed by atoms with Crippen LogP contribution in [-0.2, 0) is 11.5 Å². The van der Waals surface area contributed by atoms with Gasteiger partial charge in [0.05, 0.1) is 24.7 Å². The van der Waals surface area contributed by atoms with Crippen molar-refractivity contribution in [3.63, 3.8) is 0 Å². The summed E-state index contributed by atoms with van der Waals surface area (Å²) in [6.07, 6.45) is 3.51. The molecule has 2 N–H and O–H groups in total. The zero-order valence-electron chi connectivity index (χ0n) is 12.1. The van der Waals surface area contributed by atoms with Crippen molar-refractivity contribution in [1.29, 1.82) is 0 Å². The molecule has 0 spiro atoms. The van der Waals surface area contributed by atoms with Crippen molar-refractivity contribution in [2.24, 2.45) is 0 Å². The molecule has 0 aliphatic heterocycles. The molecule has 6 nitrogen and oxygen atoms in total. The third-order valence-electron chi connectivity index (χ3n) is 2.66. The second-order valence-electron chi connectivity index (χ2n) is 4.37. The smallest absolute Gasteiger partial charge is 0.180 e. The standard InChI is InChI=1S/C14H17BrN4O2S/c1-20-7-6-16-14(22)18-12-8-17-19(9-12)10-21-13-4-2-11(15)3-5-13/h2-5,8-9H,6-7,10H2,1H3,(H2,16,18,22). The number of hydrogen-bond donors (Lipinski definition) is 2. The van der Waals surface area contributed by atoms with Gasteiger partial charge in [0.1, 0.15) is 5.75 Å². The number of methoxy groups -OCH3 is 1. The summed E-state index contributed by atoms with van der Waals surface area (Å²) in [5.74, 6) is 0.782. The summed E-state index contributed by atoms with van der Waals surface area (Å²) in [7, 11) is 1.65. The van der Waals surface area contributed by atoms with Gasteiger partial charge in [-0.2, -0.15) is 5.10 Å². The normalized spacial score (nSPS) is 10.3. The van der Waals surface area contributed by atoms with E-state index in [9.17, 15) is 0 Å². The van der Waals surface area contributed by atoms with Crippen LogP contribution in [0.1, 0.15) is 0 Å². The molecule has 1 aromatic heterocycles. The first-order chi connectivity index (χ1) is 10.7. The van der Waals surface area contributed by atoms with Crippen LogP contribution < -0.4 is 15.4 Å². The van der Waals surface area contributed by atoms with Crippen LogP contribution in [0.4, 0.5) is 5.69 Å². The van der Waals surface area contributed by atoms with E-state index in [2.05, 4.69) is 31.7 Å². The van der Waals surface area contributed by atoms with Gasteiger partial charge in [0, 0.05) is 18.1 Å². The second-order valence-corrected chi connectivity index (χ2v) is 5.69. The highest BCUT2D eigenvalue weighted by Gasteiger charge is 2.02. The lowest BCUT2D eigenvalue weighted by Gasteiger charge is -2.08. The highest BCUT2D eigenvalue weighted by atomic mass is 79.9. The first-order valence-electron chi connectivity index (χ1n) is 6.62. The lowest BCUT2D eigenvalue weighted by Crippen LogP contribution is -2.30. The maximum Gasteiger partial charge on any atom is 0.180 e. The molecule has 2 aromatic rings. The topological polar surface area (TPSA) is 60.3 Å². The average molecular weight is 385 g/mol. The van der Waals surface area contributed by atoms with Crippen LogP contribution in [-0.4, -0.2) is 35.2 Å². The Hall–Kier alpha value is -1.64. The van der Waals surface area contributed by atoms with E-state index in [1.54, 1.807) is 18.0 Å².